The van der Waals surface area contributed by atoms with E-state index in [0.717, 1.165) is 39.0 Å². The van der Waals surface area contributed by atoms with E-state index in [9.17, 15) is 0 Å². The van der Waals surface area contributed by atoms with Crippen molar-refractivity contribution in [3.8, 4) is 0 Å². The highest BCUT2D eigenvalue weighted by atomic mass is 16.3. The zero-order chi connectivity index (χ0) is 22.5. The van der Waals surface area contributed by atoms with E-state index in [0.29, 0.717) is 25.3 Å². The molecule has 3 N–H and O–H groups in total. The van der Waals surface area contributed by atoms with Gasteiger partial charge in [0.1, 0.15) is 5.58 Å². The van der Waals surface area contributed by atoms with Gasteiger partial charge in [-0.2, -0.15) is 0 Å². The zero-order valence-electron chi connectivity index (χ0n) is 18.2. The van der Waals surface area contributed by atoms with Crippen molar-refractivity contribution in [1.29, 1.82) is 0 Å². The molecule has 0 aliphatic heterocycles. The van der Waals surface area contributed by atoms with Crippen LogP contribution >= 0.6 is 0 Å². The lowest BCUT2D eigenvalue weighted by atomic mass is 10.1. The molecule has 3 heterocycles. The molecule has 0 unspecified atom stereocenters. The Hall–Kier alpha value is -4.16. The standard InChI is InChI=1S/C27H25N5O/c28-20(16-31-25-12-7-11-24-23-10-1-2-13-26(23)33-27(24)25)17-32(18-21-8-3-5-14-29-21)19-22-9-4-6-15-30-22/h1-16,31H,17-19,28H2/b20-16-. The minimum atomic E-state index is 0.566. The van der Waals surface area contributed by atoms with Crippen LogP contribution in [0.3, 0.4) is 0 Å². The highest BCUT2D eigenvalue weighted by Crippen LogP contribution is 2.33. The molecule has 0 aliphatic carbocycles. The molecule has 0 saturated heterocycles. The summed E-state index contributed by atoms with van der Waals surface area (Å²) in [6.45, 7) is 1.91. The Morgan fingerprint density at radius 1 is 0.818 bits per heavy atom. The number of aromatic nitrogens is 2. The summed E-state index contributed by atoms with van der Waals surface area (Å²) in [4.78, 5) is 11.2. The number of nitrogens with one attached hydrogen (secondary N) is 1. The molecule has 6 heteroatoms. The molecule has 0 atom stereocenters. The third-order valence-corrected chi connectivity index (χ3v) is 5.45. The van der Waals surface area contributed by atoms with E-state index < -0.39 is 0 Å². The summed E-state index contributed by atoms with van der Waals surface area (Å²) >= 11 is 0. The van der Waals surface area contributed by atoms with Gasteiger partial charge in [-0.25, -0.2) is 0 Å². The normalized spacial score (nSPS) is 12.0. The number of benzene rings is 2. The molecule has 0 radical (unpaired) electrons. The number of nitrogens with zero attached hydrogens (tertiary/aromatic N) is 3. The van der Waals surface area contributed by atoms with Gasteiger partial charge in [0.15, 0.2) is 5.58 Å². The fraction of sp³-hybridized carbons (Fsp3) is 0.111. The molecule has 0 fully saturated rings. The third-order valence-electron chi connectivity index (χ3n) is 5.45. The maximum absolute atomic E-state index is 6.43. The summed E-state index contributed by atoms with van der Waals surface area (Å²) in [5, 5.41) is 5.52. The number of anilines is 1. The lowest BCUT2D eigenvalue weighted by Gasteiger charge is -2.22. The zero-order valence-corrected chi connectivity index (χ0v) is 18.2. The van der Waals surface area contributed by atoms with Crippen LogP contribution < -0.4 is 11.1 Å². The van der Waals surface area contributed by atoms with Crippen LogP contribution in [0.5, 0.6) is 0 Å². The summed E-state index contributed by atoms with van der Waals surface area (Å²) in [5.41, 5.74) is 11.7. The number of nitrogens with two attached hydrogens (primary N) is 1. The molecule has 0 amide bonds. The van der Waals surface area contributed by atoms with E-state index in [4.69, 9.17) is 10.2 Å². The first kappa shape index (κ1) is 20.7. The highest BCUT2D eigenvalue weighted by Gasteiger charge is 2.12. The number of hydrogen-bond donors (Lipinski definition) is 2. The predicted octanol–water partition coefficient (Wildman–Crippen LogP) is 5.29. The van der Waals surface area contributed by atoms with E-state index in [1.807, 2.05) is 85.3 Å². The maximum atomic E-state index is 6.43. The number of rotatable bonds is 8. The van der Waals surface area contributed by atoms with Crippen LogP contribution in [0, 0.1) is 0 Å². The number of furan rings is 1. The molecule has 5 rings (SSSR count). The van der Waals surface area contributed by atoms with Gasteiger partial charge >= 0.3 is 0 Å². The molecule has 0 bridgehead atoms. The van der Waals surface area contributed by atoms with Gasteiger partial charge in [-0.15, -0.1) is 0 Å². The second kappa shape index (κ2) is 9.54. The first-order chi connectivity index (χ1) is 16.3. The monoisotopic (exact) mass is 435 g/mol. The SMILES string of the molecule is N/C(=C\Nc1cccc2c1oc1ccccc12)CN(Cc1ccccn1)Cc1ccccn1. The molecule has 164 valence electrons. The molecule has 2 aromatic carbocycles. The summed E-state index contributed by atoms with van der Waals surface area (Å²) in [5.74, 6) is 0. The Bertz CT molecular complexity index is 1340. The molecule has 33 heavy (non-hydrogen) atoms. The van der Waals surface area contributed by atoms with Crippen molar-refractivity contribution in [1.82, 2.24) is 14.9 Å². The molecule has 0 spiro atoms. The van der Waals surface area contributed by atoms with Gasteiger partial charge in [0.2, 0.25) is 0 Å². The smallest absolute Gasteiger partial charge is 0.158 e. The third kappa shape index (κ3) is 4.86. The van der Waals surface area contributed by atoms with E-state index in [1.165, 1.54) is 0 Å². The van der Waals surface area contributed by atoms with Gasteiger partial charge in [-0.05, 0) is 36.4 Å². The lowest BCUT2D eigenvalue weighted by Crippen LogP contribution is -2.28. The number of pyridine rings is 2. The van der Waals surface area contributed by atoms with Crippen LogP contribution in [-0.4, -0.2) is 21.4 Å². The molecular weight excluding hydrogens is 410 g/mol. The minimum absolute atomic E-state index is 0.566. The Morgan fingerprint density at radius 2 is 1.48 bits per heavy atom. The van der Waals surface area contributed by atoms with Gasteiger partial charge in [0, 0.05) is 54.7 Å². The largest absolute Gasteiger partial charge is 0.454 e. The van der Waals surface area contributed by atoms with Crippen molar-refractivity contribution < 1.29 is 4.42 Å². The molecular formula is C27H25N5O. The van der Waals surface area contributed by atoms with Crippen LogP contribution in [-0.2, 0) is 13.1 Å². The van der Waals surface area contributed by atoms with Crippen LogP contribution in [0.1, 0.15) is 11.4 Å². The van der Waals surface area contributed by atoms with E-state index >= 15 is 0 Å². The summed E-state index contributed by atoms with van der Waals surface area (Å²) in [6.07, 6.45) is 5.46. The van der Waals surface area contributed by atoms with E-state index in [2.05, 4.69) is 32.3 Å². The van der Waals surface area contributed by atoms with Crippen LogP contribution in [0.15, 0.2) is 108 Å². The number of fused-ring (bicyclic) bond motifs is 3. The molecule has 3 aromatic heterocycles. The first-order valence-electron chi connectivity index (χ1n) is 10.9. The minimum Gasteiger partial charge on any atom is -0.454 e. The van der Waals surface area contributed by atoms with Gasteiger partial charge < -0.3 is 15.5 Å². The van der Waals surface area contributed by atoms with Gasteiger partial charge in [-0.3, -0.25) is 14.9 Å². The Morgan fingerprint density at radius 3 is 2.18 bits per heavy atom. The lowest BCUT2D eigenvalue weighted by molar-refractivity contribution is 0.272. The van der Waals surface area contributed by atoms with Gasteiger partial charge in [0.05, 0.1) is 17.1 Å². The second-order valence-electron chi connectivity index (χ2n) is 7.93. The average Bonchev–Trinajstić information content (AvgIpc) is 3.23. The summed E-state index contributed by atoms with van der Waals surface area (Å²) < 4.78 is 6.10. The maximum Gasteiger partial charge on any atom is 0.158 e. The van der Waals surface area contributed by atoms with E-state index in [1.54, 1.807) is 0 Å². The molecule has 6 nitrogen and oxygen atoms in total. The number of para-hydroxylation sites is 2. The van der Waals surface area contributed by atoms with Crippen molar-refractivity contribution >= 4 is 27.6 Å². The van der Waals surface area contributed by atoms with Crippen LogP contribution in [0.2, 0.25) is 0 Å². The predicted molar refractivity (Wildman–Crippen MR) is 132 cm³/mol. The van der Waals surface area contributed by atoms with Crippen molar-refractivity contribution in [3.63, 3.8) is 0 Å². The van der Waals surface area contributed by atoms with Crippen molar-refractivity contribution in [2.45, 2.75) is 13.1 Å². The molecule has 0 aliphatic rings. The summed E-state index contributed by atoms with van der Waals surface area (Å²) in [7, 11) is 0. The fourth-order valence-corrected chi connectivity index (χ4v) is 3.94. The highest BCUT2D eigenvalue weighted by molar-refractivity contribution is 6.08. The molecule has 0 saturated carbocycles. The van der Waals surface area contributed by atoms with Crippen LogP contribution in [0.25, 0.3) is 21.9 Å². The topological polar surface area (TPSA) is 80.2 Å². The van der Waals surface area contributed by atoms with Crippen molar-refractivity contribution in [2.24, 2.45) is 5.73 Å². The Kier molecular flexibility index (Phi) is 5.99. The van der Waals surface area contributed by atoms with E-state index in [-0.39, 0.29) is 0 Å². The average molecular weight is 436 g/mol. The van der Waals surface area contributed by atoms with Gasteiger partial charge in [0.25, 0.3) is 0 Å². The van der Waals surface area contributed by atoms with Gasteiger partial charge in [-0.1, -0.05) is 42.5 Å². The fourth-order valence-electron chi connectivity index (χ4n) is 3.94. The second-order valence-corrected chi connectivity index (χ2v) is 7.93. The quantitative estimate of drug-likeness (QED) is 0.345. The van der Waals surface area contributed by atoms with Crippen molar-refractivity contribution in [2.75, 3.05) is 11.9 Å². The summed E-state index contributed by atoms with van der Waals surface area (Å²) in [6, 6.07) is 26.0. The van der Waals surface area contributed by atoms with Crippen LogP contribution in [0.4, 0.5) is 5.69 Å². The first-order valence-corrected chi connectivity index (χ1v) is 10.9. The van der Waals surface area contributed by atoms with Crippen molar-refractivity contribution in [3.05, 3.63) is 115 Å². The number of hydrogen-bond acceptors (Lipinski definition) is 6. The Labute approximate surface area is 192 Å². The Balaban J connectivity index is 1.35. The molecule has 5 aromatic rings.